The van der Waals surface area contributed by atoms with Crippen molar-refractivity contribution in [2.45, 2.75) is 6.04 Å². The molecule has 0 saturated carbocycles. The zero-order valence-corrected chi connectivity index (χ0v) is 12.9. The third-order valence-electron chi connectivity index (χ3n) is 3.80. The molecular formula is C16H17N3O5. The summed E-state index contributed by atoms with van der Waals surface area (Å²) in [6.45, 7) is -0.481. The van der Waals surface area contributed by atoms with E-state index in [0.717, 1.165) is 10.9 Å². The van der Waals surface area contributed by atoms with Crippen molar-refractivity contribution in [1.29, 1.82) is 0 Å². The molecule has 0 spiro atoms. The van der Waals surface area contributed by atoms with Gasteiger partial charge in [0.15, 0.2) is 5.78 Å². The molecule has 2 aromatic rings. The summed E-state index contributed by atoms with van der Waals surface area (Å²) in [5.41, 5.74) is 6.49. The lowest BCUT2D eigenvalue weighted by atomic mass is 9.97. The van der Waals surface area contributed by atoms with Crippen LogP contribution in [0, 0.1) is 5.92 Å². The number of hydrogen-bond donors (Lipinski definition) is 3. The highest BCUT2D eigenvalue weighted by molar-refractivity contribution is 6.03. The highest BCUT2D eigenvalue weighted by Crippen LogP contribution is 2.18. The summed E-state index contributed by atoms with van der Waals surface area (Å²) in [5.74, 6) is -4.22. The first-order valence-corrected chi connectivity index (χ1v) is 7.16. The number of fused-ring (bicyclic) bond motifs is 1. The predicted molar refractivity (Wildman–Crippen MR) is 85.4 cm³/mol. The number of aliphatic carboxylic acids is 1. The molecule has 0 saturated heterocycles. The molecule has 1 heterocycles. The first-order chi connectivity index (χ1) is 11.4. The number of aldehydes is 1. The van der Waals surface area contributed by atoms with Gasteiger partial charge in [0.1, 0.15) is 23.9 Å². The van der Waals surface area contributed by atoms with Crippen LogP contribution in [0.15, 0.2) is 30.3 Å². The standard InChI is InChI=1S/C16H17N3O5/c1-19-11-5-3-2-4-9(11)6-12(19)15(22)18-7-13(21)10(8-20)14(17)16(23)24/h2-6,8,10,14H,7,17H2,1H3,(H,18,22)(H,23,24)/t10-,14?/m0/s1. The Morgan fingerprint density at radius 1 is 1.33 bits per heavy atom. The van der Waals surface area contributed by atoms with Crippen LogP contribution < -0.4 is 11.1 Å². The van der Waals surface area contributed by atoms with Crippen LogP contribution >= 0.6 is 0 Å². The monoisotopic (exact) mass is 331 g/mol. The van der Waals surface area contributed by atoms with Crippen molar-refractivity contribution < 1.29 is 24.3 Å². The lowest BCUT2D eigenvalue weighted by Gasteiger charge is -2.14. The van der Waals surface area contributed by atoms with Crippen LogP contribution in [0.25, 0.3) is 10.9 Å². The number of para-hydroxylation sites is 1. The summed E-state index contributed by atoms with van der Waals surface area (Å²) >= 11 is 0. The summed E-state index contributed by atoms with van der Waals surface area (Å²) in [5, 5.41) is 12.0. The molecule has 24 heavy (non-hydrogen) atoms. The van der Waals surface area contributed by atoms with Crippen molar-refractivity contribution in [2.24, 2.45) is 18.7 Å². The van der Waals surface area contributed by atoms with E-state index in [9.17, 15) is 19.2 Å². The zero-order chi connectivity index (χ0) is 17.9. The van der Waals surface area contributed by atoms with E-state index >= 15 is 0 Å². The maximum absolute atomic E-state index is 12.2. The predicted octanol–water partition coefficient (Wildman–Crippen LogP) is -0.296. The SMILES string of the molecule is Cn1c(C(=O)NCC(=O)[C@H](C=O)C(N)C(=O)O)cc2ccccc21. The first kappa shape index (κ1) is 17.4. The number of carbonyl (C=O) groups excluding carboxylic acids is 3. The topological polar surface area (TPSA) is 131 Å². The van der Waals surface area contributed by atoms with Crippen molar-refractivity contribution in [2.75, 3.05) is 6.54 Å². The van der Waals surface area contributed by atoms with Crippen molar-refractivity contribution in [3.63, 3.8) is 0 Å². The largest absolute Gasteiger partial charge is 0.480 e. The van der Waals surface area contributed by atoms with E-state index in [2.05, 4.69) is 5.32 Å². The Bertz CT molecular complexity index is 811. The molecule has 0 fully saturated rings. The lowest BCUT2D eigenvalue weighted by Crippen LogP contribution is -2.46. The molecule has 126 valence electrons. The normalized spacial score (nSPS) is 13.2. The molecule has 1 aromatic heterocycles. The second-order valence-electron chi connectivity index (χ2n) is 5.32. The number of aromatic nitrogens is 1. The van der Waals surface area contributed by atoms with E-state index in [-0.39, 0.29) is 6.29 Å². The molecule has 8 nitrogen and oxygen atoms in total. The fraction of sp³-hybridized carbons (Fsp3) is 0.250. The lowest BCUT2D eigenvalue weighted by molar-refractivity contribution is -0.144. The van der Waals surface area contributed by atoms with Crippen LogP contribution in [0.5, 0.6) is 0 Å². The van der Waals surface area contributed by atoms with Crippen LogP contribution in [0.2, 0.25) is 0 Å². The number of carboxylic acid groups (broad SMARTS) is 1. The molecule has 1 unspecified atom stereocenters. The van der Waals surface area contributed by atoms with Gasteiger partial charge in [0.05, 0.1) is 6.54 Å². The van der Waals surface area contributed by atoms with Gasteiger partial charge < -0.3 is 25.5 Å². The van der Waals surface area contributed by atoms with Gasteiger partial charge in [0, 0.05) is 18.0 Å². The van der Waals surface area contributed by atoms with Crippen LogP contribution in [0.4, 0.5) is 0 Å². The Kier molecular flexibility index (Phi) is 5.10. The molecule has 0 bridgehead atoms. The molecule has 0 radical (unpaired) electrons. The van der Waals surface area contributed by atoms with E-state index in [1.807, 2.05) is 24.3 Å². The van der Waals surface area contributed by atoms with Crippen LogP contribution in [0.1, 0.15) is 10.5 Å². The first-order valence-electron chi connectivity index (χ1n) is 7.16. The molecule has 4 N–H and O–H groups in total. The van der Waals surface area contributed by atoms with E-state index < -0.39 is 36.2 Å². The second-order valence-corrected chi connectivity index (χ2v) is 5.32. The number of aryl methyl sites for hydroxylation is 1. The number of rotatable bonds is 7. The summed E-state index contributed by atoms with van der Waals surface area (Å²) in [6.07, 6.45) is 0.185. The Labute approximate surface area is 137 Å². The van der Waals surface area contributed by atoms with Crippen molar-refractivity contribution in [3.8, 4) is 0 Å². The fourth-order valence-electron chi connectivity index (χ4n) is 2.40. The minimum atomic E-state index is -1.63. The fourth-order valence-corrected chi connectivity index (χ4v) is 2.40. The van der Waals surface area contributed by atoms with E-state index in [1.165, 1.54) is 0 Å². The molecule has 0 aliphatic heterocycles. The quantitative estimate of drug-likeness (QED) is 0.472. The minimum absolute atomic E-state index is 0.185. The third kappa shape index (κ3) is 3.33. The summed E-state index contributed by atoms with van der Waals surface area (Å²) in [7, 11) is 1.72. The van der Waals surface area contributed by atoms with Gasteiger partial charge in [-0.15, -0.1) is 0 Å². The molecule has 2 atom stereocenters. The number of amides is 1. The van der Waals surface area contributed by atoms with Crippen molar-refractivity contribution in [3.05, 3.63) is 36.0 Å². The number of nitrogens with one attached hydrogen (secondary N) is 1. The Morgan fingerprint density at radius 2 is 2.00 bits per heavy atom. The van der Waals surface area contributed by atoms with Gasteiger partial charge in [-0.2, -0.15) is 0 Å². The van der Waals surface area contributed by atoms with E-state index in [0.29, 0.717) is 5.69 Å². The Morgan fingerprint density at radius 3 is 2.58 bits per heavy atom. The van der Waals surface area contributed by atoms with Crippen LogP contribution in [-0.4, -0.2) is 46.2 Å². The van der Waals surface area contributed by atoms with Crippen LogP contribution in [-0.2, 0) is 21.4 Å². The van der Waals surface area contributed by atoms with Gasteiger partial charge in [-0.3, -0.25) is 14.4 Å². The van der Waals surface area contributed by atoms with Crippen molar-refractivity contribution >= 4 is 34.8 Å². The van der Waals surface area contributed by atoms with E-state index in [4.69, 9.17) is 10.8 Å². The highest BCUT2D eigenvalue weighted by Gasteiger charge is 2.30. The average Bonchev–Trinajstić information content (AvgIpc) is 2.90. The van der Waals surface area contributed by atoms with Gasteiger partial charge in [-0.1, -0.05) is 18.2 Å². The minimum Gasteiger partial charge on any atom is -0.480 e. The maximum Gasteiger partial charge on any atom is 0.321 e. The molecule has 0 aliphatic rings. The number of Topliss-reactive ketones (excluding diaryl/α,β-unsaturated/α-hetero) is 1. The molecule has 8 heteroatoms. The molecule has 2 rings (SSSR count). The van der Waals surface area contributed by atoms with Crippen LogP contribution in [0.3, 0.4) is 0 Å². The van der Waals surface area contributed by atoms with Gasteiger partial charge in [-0.25, -0.2) is 0 Å². The molecule has 1 amide bonds. The smallest absolute Gasteiger partial charge is 0.321 e. The number of nitrogens with zero attached hydrogens (tertiary/aromatic N) is 1. The molecule has 0 aliphatic carbocycles. The molecule has 1 aromatic carbocycles. The maximum atomic E-state index is 12.2. The second kappa shape index (κ2) is 7.05. The summed E-state index contributed by atoms with van der Waals surface area (Å²) < 4.78 is 1.68. The third-order valence-corrected chi connectivity index (χ3v) is 3.80. The number of ketones is 1. The number of hydrogen-bond acceptors (Lipinski definition) is 5. The van der Waals surface area contributed by atoms with Gasteiger partial charge in [0.25, 0.3) is 5.91 Å². The van der Waals surface area contributed by atoms with Crippen molar-refractivity contribution in [1.82, 2.24) is 9.88 Å². The van der Waals surface area contributed by atoms with Gasteiger partial charge in [0.2, 0.25) is 0 Å². The number of nitrogens with two attached hydrogens (primary N) is 1. The molecular weight excluding hydrogens is 314 g/mol. The zero-order valence-electron chi connectivity index (χ0n) is 12.9. The Balaban J connectivity index is 2.09. The highest BCUT2D eigenvalue weighted by atomic mass is 16.4. The number of carbonyl (C=O) groups is 4. The number of carboxylic acids is 1. The van der Waals surface area contributed by atoms with E-state index in [1.54, 1.807) is 17.7 Å². The average molecular weight is 331 g/mol. The van der Waals surface area contributed by atoms with Gasteiger partial charge >= 0.3 is 5.97 Å². The Hall–Kier alpha value is -3.00. The number of benzene rings is 1. The summed E-state index contributed by atoms with van der Waals surface area (Å²) in [6, 6.07) is 7.43. The van der Waals surface area contributed by atoms with Gasteiger partial charge in [-0.05, 0) is 12.1 Å². The summed E-state index contributed by atoms with van der Waals surface area (Å²) in [4.78, 5) is 45.8.